The van der Waals surface area contributed by atoms with Gasteiger partial charge in [-0.1, -0.05) is 0 Å². The summed E-state index contributed by atoms with van der Waals surface area (Å²) in [6, 6.07) is 8.88. The minimum Gasteiger partial charge on any atom is -0.334 e. The Bertz CT molecular complexity index is 450. The molecule has 1 heterocycles. The van der Waals surface area contributed by atoms with Crippen LogP contribution in [0.25, 0.3) is 0 Å². The molecule has 0 aromatic heterocycles. The number of nitrogens with zero attached hydrogens (tertiary/aromatic N) is 1. The van der Waals surface area contributed by atoms with Crippen molar-refractivity contribution in [2.75, 3.05) is 13.1 Å². The van der Waals surface area contributed by atoms with Gasteiger partial charge in [0, 0.05) is 27.8 Å². The van der Waals surface area contributed by atoms with Gasteiger partial charge in [-0.25, -0.2) is 0 Å². The van der Waals surface area contributed by atoms with Crippen LogP contribution in [-0.4, -0.2) is 36.0 Å². The maximum absolute atomic E-state index is 12.6. The van der Waals surface area contributed by atoms with Crippen LogP contribution in [0.4, 0.5) is 0 Å². The Kier molecular flexibility index (Phi) is 4.07. The summed E-state index contributed by atoms with van der Waals surface area (Å²) < 4.78 is 1.17. The summed E-state index contributed by atoms with van der Waals surface area (Å²) in [5.41, 5.74) is 0.824. The molecule has 4 heteroatoms. The van der Waals surface area contributed by atoms with Crippen LogP contribution in [0.3, 0.4) is 0 Å². The molecule has 1 aromatic rings. The molecule has 1 aliphatic carbocycles. The second-order valence-electron chi connectivity index (χ2n) is 5.49. The van der Waals surface area contributed by atoms with E-state index in [0.29, 0.717) is 12.1 Å². The summed E-state index contributed by atoms with van der Waals surface area (Å²) in [4.78, 5) is 14.7. The molecule has 1 aromatic carbocycles. The van der Waals surface area contributed by atoms with Crippen LogP contribution in [0.5, 0.6) is 0 Å². The van der Waals surface area contributed by atoms with Crippen LogP contribution in [-0.2, 0) is 0 Å². The lowest BCUT2D eigenvalue weighted by Crippen LogP contribution is -2.42. The molecule has 3 nitrogen and oxygen atoms in total. The summed E-state index contributed by atoms with van der Waals surface area (Å²) in [5, 5.41) is 3.49. The van der Waals surface area contributed by atoms with E-state index in [-0.39, 0.29) is 5.91 Å². The largest absolute Gasteiger partial charge is 0.334 e. The highest BCUT2D eigenvalue weighted by Crippen LogP contribution is 2.29. The Balaban J connectivity index is 1.71. The predicted octanol–water partition coefficient (Wildman–Crippen LogP) is 2.65. The fraction of sp³-hybridized carbons (Fsp3) is 0.533. The lowest BCUT2D eigenvalue weighted by atomic mass is 10.1. The maximum atomic E-state index is 12.6. The van der Waals surface area contributed by atoms with Crippen molar-refractivity contribution in [1.82, 2.24) is 10.2 Å². The third-order valence-electron chi connectivity index (χ3n) is 3.92. The molecule has 1 aliphatic heterocycles. The van der Waals surface area contributed by atoms with Crippen molar-refractivity contribution in [2.45, 2.75) is 37.8 Å². The maximum Gasteiger partial charge on any atom is 0.254 e. The van der Waals surface area contributed by atoms with E-state index >= 15 is 0 Å². The summed E-state index contributed by atoms with van der Waals surface area (Å²) in [5.74, 6) is 0.201. The normalized spacial score (nSPS) is 22.5. The van der Waals surface area contributed by atoms with E-state index < -0.39 is 0 Å². The minimum atomic E-state index is 0.201. The van der Waals surface area contributed by atoms with Crippen LogP contribution in [0.2, 0.25) is 0 Å². The Morgan fingerprint density at radius 3 is 2.58 bits per heavy atom. The van der Waals surface area contributed by atoms with Gasteiger partial charge in [0.1, 0.15) is 0 Å². The lowest BCUT2D eigenvalue weighted by Gasteiger charge is -2.26. The molecular weight excluding hydrogens is 351 g/mol. The van der Waals surface area contributed by atoms with Gasteiger partial charge in [0.25, 0.3) is 5.91 Å². The first-order valence-electron chi connectivity index (χ1n) is 7.04. The first kappa shape index (κ1) is 13.4. The van der Waals surface area contributed by atoms with Gasteiger partial charge in [-0.15, -0.1) is 0 Å². The SMILES string of the molecule is O=C(c1ccc(I)cc1)N(CC1CCCN1)C1CC1. The molecule has 0 bridgehead atoms. The molecule has 2 aliphatic rings. The van der Waals surface area contributed by atoms with Gasteiger partial charge in [-0.3, -0.25) is 4.79 Å². The third-order valence-corrected chi connectivity index (χ3v) is 4.64. The van der Waals surface area contributed by atoms with Gasteiger partial charge in [-0.05, 0) is 79.1 Å². The average molecular weight is 370 g/mol. The lowest BCUT2D eigenvalue weighted by molar-refractivity contribution is 0.0728. The molecule has 1 saturated carbocycles. The summed E-state index contributed by atoms with van der Waals surface area (Å²) >= 11 is 2.27. The van der Waals surface area contributed by atoms with Crippen LogP contribution < -0.4 is 5.32 Å². The van der Waals surface area contributed by atoms with E-state index in [4.69, 9.17) is 0 Å². The van der Waals surface area contributed by atoms with Gasteiger partial charge in [0.2, 0.25) is 0 Å². The quantitative estimate of drug-likeness (QED) is 0.827. The first-order chi connectivity index (χ1) is 9.24. The number of hydrogen-bond donors (Lipinski definition) is 1. The minimum absolute atomic E-state index is 0.201. The fourth-order valence-corrected chi connectivity index (χ4v) is 3.05. The van der Waals surface area contributed by atoms with Crippen molar-refractivity contribution in [3.05, 3.63) is 33.4 Å². The Morgan fingerprint density at radius 1 is 1.26 bits per heavy atom. The van der Waals surface area contributed by atoms with E-state index in [2.05, 4.69) is 32.8 Å². The molecule has 102 valence electrons. The topological polar surface area (TPSA) is 32.3 Å². The molecule has 1 amide bonds. The summed E-state index contributed by atoms with van der Waals surface area (Å²) in [6.07, 6.45) is 4.77. The molecule has 1 unspecified atom stereocenters. The summed E-state index contributed by atoms with van der Waals surface area (Å²) in [7, 11) is 0. The summed E-state index contributed by atoms with van der Waals surface area (Å²) in [6.45, 7) is 1.97. The van der Waals surface area contributed by atoms with E-state index in [1.807, 2.05) is 24.3 Å². The molecule has 3 rings (SSSR count). The molecular formula is C15H19IN2O. The van der Waals surface area contributed by atoms with Gasteiger partial charge in [0.05, 0.1) is 0 Å². The molecule has 2 fully saturated rings. The smallest absolute Gasteiger partial charge is 0.254 e. The second kappa shape index (κ2) is 5.79. The van der Waals surface area contributed by atoms with E-state index in [1.54, 1.807) is 0 Å². The Labute approximate surface area is 127 Å². The monoisotopic (exact) mass is 370 g/mol. The standard InChI is InChI=1S/C15H19IN2O/c16-12-5-3-11(4-6-12)15(19)18(14-7-8-14)10-13-2-1-9-17-13/h3-6,13-14,17H,1-2,7-10H2. The highest BCUT2D eigenvalue weighted by atomic mass is 127. The molecule has 1 saturated heterocycles. The highest BCUT2D eigenvalue weighted by Gasteiger charge is 2.34. The van der Waals surface area contributed by atoms with Gasteiger partial charge >= 0.3 is 0 Å². The van der Waals surface area contributed by atoms with Gasteiger partial charge in [0.15, 0.2) is 0 Å². The molecule has 19 heavy (non-hydrogen) atoms. The van der Waals surface area contributed by atoms with E-state index in [0.717, 1.165) is 18.7 Å². The zero-order chi connectivity index (χ0) is 13.2. The van der Waals surface area contributed by atoms with Crippen molar-refractivity contribution in [3.63, 3.8) is 0 Å². The molecule has 1 N–H and O–H groups in total. The zero-order valence-corrected chi connectivity index (χ0v) is 13.1. The van der Waals surface area contributed by atoms with Crippen molar-refractivity contribution in [2.24, 2.45) is 0 Å². The predicted molar refractivity (Wildman–Crippen MR) is 84.2 cm³/mol. The van der Waals surface area contributed by atoms with E-state index in [1.165, 1.54) is 29.3 Å². The number of amides is 1. The number of carbonyl (C=O) groups excluding carboxylic acids is 1. The van der Waals surface area contributed by atoms with Crippen LogP contribution in [0.1, 0.15) is 36.0 Å². The van der Waals surface area contributed by atoms with Crippen molar-refractivity contribution < 1.29 is 4.79 Å². The van der Waals surface area contributed by atoms with Gasteiger partial charge in [-0.2, -0.15) is 0 Å². The number of carbonyl (C=O) groups is 1. The first-order valence-corrected chi connectivity index (χ1v) is 8.12. The number of halogens is 1. The fourth-order valence-electron chi connectivity index (χ4n) is 2.69. The van der Waals surface area contributed by atoms with Gasteiger partial charge < -0.3 is 10.2 Å². The Hall–Kier alpha value is -0.620. The Morgan fingerprint density at radius 2 is 2.00 bits per heavy atom. The second-order valence-corrected chi connectivity index (χ2v) is 6.73. The van der Waals surface area contributed by atoms with Crippen molar-refractivity contribution in [1.29, 1.82) is 0 Å². The van der Waals surface area contributed by atoms with Crippen molar-refractivity contribution >= 4 is 28.5 Å². The average Bonchev–Trinajstić information content (AvgIpc) is 3.13. The van der Waals surface area contributed by atoms with Crippen LogP contribution >= 0.6 is 22.6 Å². The number of hydrogen-bond acceptors (Lipinski definition) is 2. The molecule has 0 spiro atoms. The molecule has 0 radical (unpaired) electrons. The third kappa shape index (κ3) is 3.28. The number of rotatable bonds is 4. The highest BCUT2D eigenvalue weighted by molar-refractivity contribution is 14.1. The number of nitrogens with one attached hydrogen (secondary N) is 1. The zero-order valence-electron chi connectivity index (χ0n) is 10.9. The molecule has 1 atom stereocenters. The number of benzene rings is 1. The van der Waals surface area contributed by atoms with Crippen LogP contribution in [0.15, 0.2) is 24.3 Å². The van der Waals surface area contributed by atoms with Crippen molar-refractivity contribution in [3.8, 4) is 0 Å². The van der Waals surface area contributed by atoms with E-state index in [9.17, 15) is 4.79 Å². The van der Waals surface area contributed by atoms with Crippen LogP contribution in [0, 0.1) is 3.57 Å².